The lowest BCUT2D eigenvalue weighted by Crippen LogP contribution is -2.11. The van der Waals surface area contributed by atoms with Crippen molar-refractivity contribution in [1.82, 2.24) is 5.32 Å². The van der Waals surface area contributed by atoms with Crippen LogP contribution in [-0.2, 0) is 6.42 Å². The third-order valence-corrected chi connectivity index (χ3v) is 4.45. The number of phenolic OH excluding ortho intramolecular Hbond substituents is 1. The van der Waals surface area contributed by atoms with Gasteiger partial charge in [0.25, 0.3) is 0 Å². The average molecular weight is 284 g/mol. The zero-order valence-electron chi connectivity index (χ0n) is 9.81. The van der Waals surface area contributed by atoms with E-state index >= 15 is 0 Å². The van der Waals surface area contributed by atoms with Gasteiger partial charge in [0.15, 0.2) is 0 Å². The molecule has 1 heterocycles. The second-order valence-corrected chi connectivity index (χ2v) is 5.50. The lowest BCUT2D eigenvalue weighted by atomic mass is 9.94. The maximum Gasteiger partial charge on any atom is 0.133 e. The highest BCUT2D eigenvalue weighted by molar-refractivity contribution is 9.10. The van der Waals surface area contributed by atoms with E-state index in [0.717, 1.165) is 41.0 Å². The molecule has 2 nitrogen and oxygen atoms in total. The Morgan fingerprint density at radius 2 is 2.25 bits per heavy atom. The van der Waals surface area contributed by atoms with Crippen LogP contribution in [0.15, 0.2) is 10.5 Å². The maximum absolute atomic E-state index is 9.98. The smallest absolute Gasteiger partial charge is 0.133 e. The zero-order chi connectivity index (χ0) is 11.7. The Hall–Kier alpha value is -0.540. The largest absolute Gasteiger partial charge is 0.506 e. The molecule has 0 amide bonds. The molecule has 0 spiro atoms. The number of aryl methyl sites for hydroxylation is 1. The molecule has 0 aromatic heterocycles. The van der Waals surface area contributed by atoms with Crippen LogP contribution in [0.4, 0.5) is 0 Å². The van der Waals surface area contributed by atoms with Crippen molar-refractivity contribution in [2.45, 2.75) is 26.7 Å². The van der Waals surface area contributed by atoms with E-state index < -0.39 is 0 Å². The number of benzene rings is 1. The number of hydrogen-bond acceptors (Lipinski definition) is 2. The average Bonchev–Trinajstić information content (AvgIpc) is 2.76. The lowest BCUT2D eigenvalue weighted by molar-refractivity contribution is 0.464. The van der Waals surface area contributed by atoms with Crippen molar-refractivity contribution in [2.24, 2.45) is 5.92 Å². The Bertz CT molecular complexity index is 397. The van der Waals surface area contributed by atoms with Gasteiger partial charge < -0.3 is 10.4 Å². The van der Waals surface area contributed by atoms with Gasteiger partial charge in [-0.25, -0.2) is 0 Å². The molecule has 1 atom stereocenters. The first-order valence-corrected chi connectivity index (χ1v) is 6.57. The van der Waals surface area contributed by atoms with Crippen LogP contribution in [0.25, 0.3) is 0 Å². The Labute approximate surface area is 105 Å². The van der Waals surface area contributed by atoms with Crippen molar-refractivity contribution < 1.29 is 5.11 Å². The maximum atomic E-state index is 9.98. The third kappa shape index (κ3) is 2.25. The van der Waals surface area contributed by atoms with Gasteiger partial charge in [0.2, 0.25) is 0 Å². The molecule has 1 aliphatic heterocycles. The Morgan fingerprint density at radius 1 is 1.50 bits per heavy atom. The van der Waals surface area contributed by atoms with Gasteiger partial charge in [-0.05, 0) is 78.3 Å². The number of halogens is 1. The van der Waals surface area contributed by atoms with E-state index in [2.05, 4.69) is 27.3 Å². The number of hydrogen-bond donors (Lipinski definition) is 2. The Balaban J connectivity index is 2.26. The molecule has 1 unspecified atom stereocenters. The number of aromatic hydroxyl groups is 1. The summed E-state index contributed by atoms with van der Waals surface area (Å²) >= 11 is 3.41. The van der Waals surface area contributed by atoms with Crippen molar-refractivity contribution in [3.05, 3.63) is 27.2 Å². The third-order valence-electron chi connectivity index (χ3n) is 3.45. The highest BCUT2D eigenvalue weighted by atomic mass is 79.9. The minimum Gasteiger partial charge on any atom is -0.506 e. The van der Waals surface area contributed by atoms with E-state index in [1.807, 2.05) is 13.8 Å². The minimum atomic E-state index is 0.404. The topological polar surface area (TPSA) is 32.3 Å². The van der Waals surface area contributed by atoms with E-state index in [9.17, 15) is 5.11 Å². The van der Waals surface area contributed by atoms with Crippen LogP contribution in [0.5, 0.6) is 5.75 Å². The standard InChI is InChI=1S/C13H18BrNO/c1-8-5-11(6-10-3-4-15-7-10)9(2)13(16)12(8)14/h5,10,15-16H,3-4,6-7H2,1-2H3. The quantitative estimate of drug-likeness (QED) is 0.875. The Morgan fingerprint density at radius 3 is 2.88 bits per heavy atom. The van der Waals surface area contributed by atoms with Gasteiger partial charge in [0.1, 0.15) is 5.75 Å². The van der Waals surface area contributed by atoms with Gasteiger partial charge in [0, 0.05) is 0 Å². The van der Waals surface area contributed by atoms with Gasteiger partial charge in [0.05, 0.1) is 4.47 Å². The van der Waals surface area contributed by atoms with Crippen molar-refractivity contribution in [3.8, 4) is 5.75 Å². The van der Waals surface area contributed by atoms with Crippen LogP contribution >= 0.6 is 15.9 Å². The summed E-state index contributed by atoms with van der Waals surface area (Å²) in [6.07, 6.45) is 2.32. The summed E-state index contributed by atoms with van der Waals surface area (Å²) in [5.41, 5.74) is 3.42. The fourth-order valence-electron chi connectivity index (χ4n) is 2.35. The molecular formula is C13H18BrNO. The van der Waals surface area contributed by atoms with Crippen molar-refractivity contribution in [2.75, 3.05) is 13.1 Å². The first-order chi connectivity index (χ1) is 7.59. The summed E-state index contributed by atoms with van der Waals surface area (Å²) in [7, 11) is 0. The predicted octanol–water partition coefficient (Wildman–Crippen LogP) is 2.92. The molecular weight excluding hydrogens is 266 g/mol. The first kappa shape index (κ1) is 11.9. The molecule has 2 N–H and O–H groups in total. The van der Waals surface area contributed by atoms with Crippen LogP contribution in [0.2, 0.25) is 0 Å². The highest BCUT2D eigenvalue weighted by Gasteiger charge is 2.18. The molecule has 1 aliphatic rings. The molecule has 3 heteroatoms. The van der Waals surface area contributed by atoms with Gasteiger partial charge in [-0.2, -0.15) is 0 Å². The summed E-state index contributed by atoms with van der Waals surface area (Å²) in [4.78, 5) is 0. The number of phenols is 1. The number of nitrogens with one attached hydrogen (secondary N) is 1. The van der Waals surface area contributed by atoms with Gasteiger partial charge >= 0.3 is 0 Å². The van der Waals surface area contributed by atoms with Crippen LogP contribution in [0.1, 0.15) is 23.1 Å². The van der Waals surface area contributed by atoms with Gasteiger partial charge in [-0.1, -0.05) is 6.07 Å². The molecule has 0 radical (unpaired) electrons. The van der Waals surface area contributed by atoms with E-state index in [1.54, 1.807) is 0 Å². The molecule has 1 aromatic rings. The van der Waals surface area contributed by atoms with Crippen LogP contribution in [0, 0.1) is 19.8 Å². The SMILES string of the molecule is Cc1cc(CC2CCNC2)c(C)c(O)c1Br. The van der Waals surface area contributed by atoms with Crippen LogP contribution in [0.3, 0.4) is 0 Å². The summed E-state index contributed by atoms with van der Waals surface area (Å²) in [6.45, 7) is 6.26. The summed E-state index contributed by atoms with van der Waals surface area (Å²) < 4.78 is 0.832. The first-order valence-electron chi connectivity index (χ1n) is 5.78. The van der Waals surface area contributed by atoms with Gasteiger partial charge in [-0.3, -0.25) is 0 Å². The molecule has 88 valence electrons. The number of rotatable bonds is 2. The van der Waals surface area contributed by atoms with Gasteiger partial charge in [-0.15, -0.1) is 0 Å². The molecule has 1 aromatic carbocycles. The second-order valence-electron chi connectivity index (χ2n) is 4.70. The Kier molecular flexibility index (Phi) is 3.55. The summed E-state index contributed by atoms with van der Waals surface area (Å²) in [5, 5.41) is 13.4. The molecule has 16 heavy (non-hydrogen) atoms. The van der Waals surface area contributed by atoms with E-state index in [0.29, 0.717) is 5.75 Å². The summed E-state index contributed by atoms with van der Waals surface area (Å²) in [6, 6.07) is 2.19. The van der Waals surface area contributed by atoms with E-state index in [-0.39, 0.29) is 0 Å². The molecule has 0 saturated carbocycles. The van der Waals surface area contributed by atoms with Crippen LogP contribution < -0.4 is 5.32 Å². The fourth-order valence-corrected chi connectivity index (χ4v) is 2.76. The normalized spacial score (nSPS) is 20.3. The molecule has 1 saturated heterocycles. The second kappa shape index (κ2) is 4.76. The zero-order valence-corrected chi connectivity index (χ0v) is 11.4. The van der Waals surface area contributed by atoms with E-state index in [4.69, 9.17) is 0 Å². The van der Waals surface area contributed by atoms with E-state index in [1.165, 1.54) is 12.0 Å². The highest BCUT2D eigenvalue weighted by Crippen LogP contribution is 2.34. The summed E-state index contributed by atoms with van der Waals surface area (Å²) in [5.74, 6) is 1.12. The van der Waals surface area contributed by atoms with Crippen LogP contribution in [-0.4, -0.2) is 18.2 Å². The molecule has 1 fully saturated rings. The molecule has 2 rings (SSSR count). The minimum absolute atomic E-state index is 0.404. The van der Waals surface area contributed by atoms with Crippen molar-refractivity contribution >= 4 is 15.9 Å². The van der Waals surface area contributed by atoms with Crippen molar-refractivity contribution in [3.63, 3.8) is 0 Å². The monoisotopic (exact) mass is 283 g/mol. The van der Waals surface area contributed by atoms with Crippen molar-refractivity contribution in [1.29, 1.82) is 0 Å². The fraction of sp³-hybridized carbons (Fsp3) is 0.538. The molecule has 0 aliphatic carbocycles. The lowest BCUT2D eigenvalue weighted by Gasteiger charge is -2.14. The molecule has 0 bridgehead atoms. The predicted molar refractivity (Wildman–Crippen MR) is 70.0 cm³/mol.